The van der Waals surface area contributed by atoms with Crippen LogP contribution in [-0.4, -0.2) is 38.7 Å². The van der Waals surface area contributed by atoms with E-state index in [-0.39, 0.29) is 12.1 Å². The molecular weight excluding hydrogens is 266 g/mol. The fraction of sp³-hybridized carbons (Fsp3) is 0.833. The van der Waals surface area contributed by atoms with Gasteiger partial charge in [-0.3, -0.25) is 0 Å². The van der Waals surface area contributed by atoms with E-state index in [1.807, 2.05) is 11.8 Å². The van der Waals surface area contributed by atoms with Gasteiger partial charge in [0.2, 0.25) is 0 Å². The topological polar surface area (TPSA) is 58.0 Å². The molecule has 4 nitrogen and oxygen atoms in total. The molecule has 2 unspecified atom stereocenters. The molecule has 0 aromatic carbocycles. The molecule has 6 heteroatoms. The first kappa shape index (κ1) is 12.8. The van der Waals surface area contributed by atoms with Crippen molar-refractivity contribution in [2.75, 3.05) is 6.61 Å². The van der Waals surface area contributed by atoms with Crippen LogP contribution < -0.4 is 5.32 Å². The third kappa shape index (κ3) is 3.04. The molecule has 0 bridgehead atoms. The lowest BCUT2D eigenvalue weighted by Crippen LogP contribution is -2.53. The molecule has 2 aliphatic rings. The van der Waals surface area contributed by atoms with E-state index in [1.165, 1.54) is 25.7 Å². The Morgan fingerprint density at radius 3 is 3.06 bits per heavy atom. The van der Waals surface area contributed by atoms with Crippen LogP contribution in [0.5, 0.6) is 0 Å². The maximum atomic E-state index is 9.76. The Balaban J connectivity index is 1.62. The fourth-order valence-corrected chi connectivity index (χ4v) is 4.85. The number of thioether (sulfide) groups is 1. The van der Waals surface area contributed by atoms with Gasteiger partial charge in [-0.1, -0.05) is 29.5 Å². The first-order valence-corrected chi connectivity index (χ1v) is 8.37. The number of hydrogen-bond donors (Lipinski definition) is 2. The van der Waals surface area contributed by atoms with E-state index in [9.17, 15) is 5.11 Å². The smallest absolute Gasteiger partial charge is 0.174 e. The highest BCUT2D eigenvalue weighted by molar-refractivity contribution is 8.01. The van der Waals surface area contributed by atoms with Gasteiger partial charge in [0, 0.05) is 16.8 Å². The summed E-state index contributed by atoms with van der Waals surface area (Å²) in [4.78, 5) is 0. The maximum absolute atomic E-state index is 9.76. The fourth-order valence-electron chi connectivity index (χ4n) is 2.75. The van der Waals surface area contributed by atoms with Gasteiger partial charge in [0.25, 0.3) is 0 Å². The zero-order chi connectivity index (χ0) is 12.4. The second-order valence-electron chi connectivity index (χ2n) is 5.40. The monoisotopic (exact) mass is 285 g/mol. The van der Waals surface area contributed by atoms with Gasteiger partial charge < -0.3 is 10.4 Å². The summed E-state index contributed by atoms with van der Waals surface area (Å²) < 4.78 is 1.06. The number of nitrogens with zero attached hydrogens (tertiary/aromatic N) is 2. The van der Waals surface area contributed by atoms with Gasteiger partial charge in [0.05, 0.1) is 6.61 Å². The Morgan fingerprint density at radius 2 is 2.39 bits per heavy atom. The summed E-state index contributed by atoms with van der Waals surface area (Å²) in [6.07, 6.45) is 7.11. The summed E-state index contributed by atoms with van der Waals surface area (Å²) in [5, 5.41) is 22.0. The van der Waals surface area contributed by atoms with Crippen molar-refractivity contribution in [2.24, 2.45) is 0 Å². The number of aliphatic hydroxyl groups is 1. The van der Waals surface area contributed by atoms with Crippen LogP contribution in [0.25, 0.3) is 0 Å². The van der Waals surface area contributed by atoms with Crippen molar-refractivity contribution in [1.82, 2.24) is 15.5 Å². The van der Waals surface area contributed by atoms with Crippen LogP contribution in [-0.2, 0) is 0 Å². The van der Waals surface area contributed by atoms with E-state index in [2.05, 4.69) is 15.5 Å². The lowest BCUT2D eigenvalue weighted by Gasteiger charge is -2.40. The minimum atomic E-state index is -0.0399. The molecular formula is C12H19N3OS2. The van der Waals surface area contributed by atoms with E-state index in [1.54, 1.807) is 16.8 Å². The van der Waals surface area contributed by atoms with Crippen molar-refractivity contribution in [2.45, 2.75) is 59.7 Å². The third-order valence-corrected chi connectivity index (χ3v) is 5.88. The zero-order valence-corrected chi connectivity index (χ0v) is 12.0. The minimum absolute atomic E-state index is 0.0399. The molecule has 18 heavy (non-hydrogen) atoms. The molecule has 1 aromatic rings. The number of aliphatic hydroxyl groups excluding tert-OH is 1. The molecule has 0 saturated heterocycles. The van der Waals surface area contributed by atoms with E-state index >= 15 is 0 Å². The highest BCUT2D eigenvalue weighted by atomic mass is 32.2. The molecule has 1 heterocycles. The van der Waals surface area contributed by atoms with E-state index in [0.29, 0.717) is 11.3 Å². The van der Waals surface area contributed by atoms with Gasteiger partial charge in [0.15, 0.2) is 4.34 Å². The molecule has 0 amide bonds. The van der Waals surface area contributed by atoms with Crippen LogP contribution in [0.2, 0.25) is 0 Å². The quantitative estimate of drug-likeness (QED) is 0.867. The summed E-state index contributed by atoms with van der Waals surface area (Å²) in [7, 11) is 0. The van der Waals surface area contributed by atoms with Gasteiger partial charge in [-0.25, -0.2) is 0 Å². The Hall–Kier alpha value is -0.170. The van der Waals surface area contributed by atoms with Crippen molar-refractivity contribution >= 4 is 23.1 Å². The second kappa shape index (κ2) is 5.45. The molecule has 2 saturated carbocycles. The summed E-state index contributed by atoms with van der Waals surface area (Å²) in [5.74, 6) is 0. The number of hydrogen-bond acceptors (Lipinski definition) is 6. The predicted molar refractivity (Wildman–Crippen MR) is 74.0 cm³/mol. The van der Waals surface area contributed by atoms with Crippen molar-refractivity contribution in [3.8, 4) is 0 Å². The minimum Gasteiger partial charge on any atom is -0.394 e. The molecule has 100 valence electrons. The maximum Gasteiger partial charge on any atom is 0.174 e. The molecule has 2 fully saturated rings. The first-order valence-electron chi connectivity index (χ1n) is 6.61. The Morgan fingerprint density at radius 1 is 1.50 bits per heavy atom. The normalized spacial score (nSPS) is 32.6. The predicted octanol–water partition coefficient (Wildman–Crippen LogP) is 2.06. The van der Waals surface area contributed by atoms with Crippen LogP contribution in [0.15, 0.2) is 9.85 Å². The third-order valence-electron chi connectivity index (χ3n) is 3.80. The summed E-state index contributed by atoms with van der Waals surface area (Å²) in [5.41, 5.74) is 1.74. The van der Waals surface area contributed by atoms with Crippen LogP contribution in [0.3, 0.4) is 0 Å². The highest BCUT2D eigenvalue weighted by Crippen LogP contribution is 2.40. The van der Waals surface area contributed by atoms with Crippen LogP contribution in [0, 0.1) is 0 Å². The number of aromatic nitrogens is 2. The van der Waals surface area contributed by atoms with E-state index in [4.69, 9.17) is 0 Å². The molecule has 0 aliphatic heterocycles. The Bertz CT molecular complexity index is 383. The second-order valence-corrected chi connectivity index (χ2v) is 7.78. The summed E-state index contributed by atoms with van der Waals surface area (Å²) in [6, 6.07) is 0.655. The molecule has 2 N–H and O–H groups in total. The number of rotatable bonds is 5. The van der Waals surface area contributed by atoms with Gasteiger partial charge in [-0.2, -0.15) is 0 Å². The SMILES string of the molecule is OCC1(NC2CC2)CCCC(Sc2nncs2)C1. The molecule has 2 atom stereocenters. The Labute approximate surface area is 116 Å². The van der Waals surface area contributed by atoms with Crippen molar-refractivity contribution in [1.29, 1.82) is 0 Å². The lowest BCUT2D eigenvalue weighted by molar-refractivity contribution is 0.122. The van der Waals surface area contributed by atoms with Crippen LogP contribution >= 0.6 is 23.1 Å². The standard InChI is InChI=1S/C12H19N3OS2/c16-7-12(14-9-3-4-9)5-1-2-10(6-12)18-11-15-13-8-17-11/h8-10,14,16H,1-7H2. The zero-order valence-electron chi connectivity index (χ0n) is 10.3. The largest absolute Gasteiger partial charge is 0.394 e. The van der Waals surface area contributed by atoms with Crippen LogP contribution in [0.1, 0.15) is 38.5 Å². The molecule has 3 rings (SSSR count). The highest BCUT2D eigenvalue weighted by Gasteiger charge is 2.40. The van der Waals surface area contributed by atoms with Crippen LogP contribution in [0.4, 0.5) is 0 Å². The van der Waals surface area contributed by atoms with Gasteiger partial charge >= 0.3 is 0 Å². The van der Waals surface area contributed by atoms with Crippen molar-refractivity contribution in [3.63, 3.8) is 0 Å². The van der Waals surface area contributed by atoms with Gasteiger partial charge in [0.1, 0.15) is 5.51 Å². The lowest BCUT2D eigenvalue weighted by atomic mass is 9.82. The Kier molecular flexibility index (Phi) is 3.89. The van der Waals surface area contributed by atoms with Crippen molar-refractivity contribution in [3.05, 3.63) is 5.51 Å². The summed E-state index contributed by atoms with van der Waals surface area (Å²) in [6.45, 7) is 0.261. The average Bonchev–Trinajstić information content (AvgIpc) is 3.03. The molecule has 2 aliphatic carbocycles. The van der Waals surface area contributed by atoms with E-state index < -0.39 is 0 Å². The molecule has 0 radical (unpaired) electrons. The van der Waals surface area contributed by atoms with E-state index in [0.717, 1.165) is 17.2 Å². The molecule has 0 spiro atoms. The number of nitrogens with one attached hydrogen (secondary N) is 1. The first-order chi connectivity index (χ1) is 8.80. The molecule has 1 aromatic heterocycles. The average molecular weight is 285 g/mol. The van der Waals surface area contributed by atoms with Crippen molar-refractivity contribution < 1.29 is 5.11 Å². The van der Waals surface area contributed by atoms with Gasteiger partial charge in [-0.15, -0.1) is 10.2 Å². The van der Waals surface area contributed by atoms with Gasteiger partial charge in [-0.05, 0) is 32.1 Å². The summed E-state index contributed by atoms with van der Waals surface area (Å²) >= 11 is 3.44.